The number of benzene rings is 2. The quantitative estimate of drug-likeness (QED) is 0.283. The molecule has 0 radical (unpaired) electrons. The van der Waals surface area contributed by atoms with Crippen LogP contribution in [-0.4, -0.2) is 15.9 Å². The van der Waals surface area contributed by atoms with Crippen LogP contribution >= 0.6 is 11.3 Å². The highest BCUT2D eigenvalue weighted by molar-refractivity contribution is 7.14. The van der Waals surface area contributed by atoms with Gasteiger partial charge in [0.25, 0.3) is 5.91 Å². The van der Waals surface area contributed by atoms with E-state index in [0.717, 1.165) is 34.3 Å². The van der Waals surface area contributed by atoms with Gasteiger partial charge in [-0.25, -0.2) is 9.97 Å². The van der Waals surface area contributed by atoms with Crippen molar-refractivity contribution in [3.63, 3.8) is 0 Å². The van der Waals surface area contributed by atoms with Crippen LogP contribution in [0.5, 0.6) is 0 Å². The number of nitrogens with one attached hydrogen (secondary N) is 1. The molecule has 3 aromatic heterocycles. The van der Waals surface area contributed by atoms with Gasteiger partial charge >= 0.3 is 0 Å². The van der Waals surface area contributed by atoms with Gasteiger partial charge in [-0.3, -0.25) is 10.1 Å². The van der Waals surface area contributed by atoms with E-state index in [1.807, 2.05) is 48.7 Å². The smallest absolute Gasteiger partial charge is 0.258 e. The molecule has 1 N–H and O–H groups in total. The van der Waals surface area contributed by atoms with Crippen LogP contribution in [-0.2, 0) is 6.42 Å². The zero-order chi connectivity index (χ0) is 23.7. The van der Waals surface area contributed by atoms with Gasteiger partial charge in [0.1, 0.15) is 11.5 Å². The van der Waals surface area contributed by atoms with Crippen LogP contribution in [0.15, 0.2) is 76.5 Å². The molecule has 5 nitrogen and oxygen atoms in total. The van der Waals surface area contributed by atoms with Crippen molar-refractivity contribution in [2.45, 2.75) is 27.2 Å². The van der Waals surface area contributed by atoms with E-state index in [9.17, 15) is 4.79 Å². The second-order valence-corrected chi connectivity index (χ2v) is 9.63. The molecule has 0 fully saturated rings. The first-order valence-corrected chi connectivity index (χ1v) is 12.2. The molecule has 5 aromatic rings. The minimum atomic E-state index is -0.226. The van der Waals surface area contributed by atoms with Gasteiger partial charge in [-0.05, 0) is 49.1 Å². The molecule has 5 rings (SSSR count). The highest BCUT2D eigenvalue weighted by atomic mass is 32.1. The van der Waals surface area contributed by atoms with Crippen molar-refractivity contribution >= 4 is 33.3 Å². The Morgan fingerprint density at radius 2 is 1.79 bits per heavy atom. The van der Waals surface area contributed by atoms with Crippen LogP contribution in [0.1, 0.15) is 35.5 Å². The number of aryl methyl sites for hydroxylation is 1. The number of furan rings is 1. The maximum atomic E-state index is 13.3. The second kappa shape index (κ2) is 9.23. The van der Waals surface area contributed by atoms with Gasteiger partial charge in [0, 0.05) is 16.3 Å². The number of aromatic nitrogens is 2. The van der Waals surface area contributed by atoms with Gasteiger partial charge in [0.05, 0.1) is 16.8 Å². The summed E-state index contributed by atoms with van der Waals surface area (Å²) in [5, 5.41) is 6.28. The number of carbonyl (C=O) groups excluding carboxylic acids is 1. The van der Waals surface area contributed by atoms with Crippen molar-refractivity contribution in [3.05, 3.63) is 89.0 Å². The molecule has 0 saturated heterocycles. The third-order valence-electron chi connectivity index (χ3n) is 5.57. The first-order valence-electron chi connectivity index (χ1n) is 11.3. The summed E-state index contributed by atoms with van der Waals surface area (Å²) in [5.74, 6) is 1.82. The van der Waals surface area contributed by atoms with E-state index in [1.165, 1.54) is 16.9 Å². The molecule has 3 heterocycles. The summed E-state index contributed by atoms with van der Waals surface area (Å²) in [4.78, 5) is 22.7. The number of rotatable bonds is 6. The summed E-state index contributed by atoms with van der Waals surface area (Å²) in [7, 11) is 0. The first-order chi connectivity index (χ1) is 16.5. The normalized spacial score (nSPS) is 11.3. The highest BCUT2D eigenvalue weighted by Crippen LogP contribution is 2.29. The lowest BCUT2D eigenvalue weighted by Crippen LogP contribution is -2.13. The predicted octanol–water partition coefficient (Wildman–Crippen LogP) is 7.38. The molecular formula is C28H25N3O2S. The van der Waals surface area contributed by atoms with E-state index < -0.39 is 0 Å². The molecule has 2 aromatic carbocycles. The fourth-order valence-electron chi connectivity index (χ4n) is 3.97. The number of thiazole rings is 1. The Kier molecular flexibility index (Phi) is 5.99. The van der Waals surface area contributed by atoms with E-state index >= 15 is 0 Å². The lowest BCUT2D eigenvalue weighted by molar-refractivity contribution is 0.102. The monoisotopic (exact) mass is 467 g/mol. The van der Waals surface area contributed by atoms with E-state index in [1.54, 1.807) is 6.07 Å². The van der Waals surface area contributed by atoms with E-state index in [4.69, 9.17) is 9.40 Å². The van der Waals surface area contributed by atoms with Gasteiger partial charge < -0.3 is 4.42 Å². The van der Waals surface area contributed by atoms with Gasteiger partial charge in [0.15, 0.2) is 10.9 Å². The molecule has 0 atom stereocenters. The molecule has 0 saturated carbocycles. The Morgan fingerprint density at radius 3 is 2.53 bits per heavy atom. The van der Waals surface area contributed by atoms with Crippen molar-refractivity contribution in [2.75, 3.05) is 5.32 Å². The molecule has 0 aliphatic heterocycles. The van der Waals surface area contributed by atoms with E-state index in [-0.39, 0.29) is 5.91 Å². The Hall–Kier alpha value is -3.77. The van der Waals surface area contributed by atoms with Crippen LogP contribution in [0.3, 0.4) is 0 Å². The van der Waals surface area contributed by atoms with Crippen molar-refractivity contribution in [3.8, 4) is 22.7 Å². The molecule has 1 amide bonds. The van der Waals surface area contributed by atoms with Crippen LogP contribution < -0.4 is 5.32 Å². The predicted molar refractivity (Wildman–Crippen MR) is 138 cm³/mol. The highest BCUT2D eigenvalue weighted by Gasteiger charge is 2.17. The first kappa shape index (κ1) is 22.0. The standard InChI is InChI=1S/C28H25N3O2S/c1-17(2)14-19-9-11-20(12-10-19)25-16-34-28(30-25)31-27(32)22-15-24(26-13-8-18(3)33-26)29-23-7-5-4-6-21(22)23/h4-13,15-17H,14H2,1-3H3,(H,30,31,32). The van der Waals surface area contributed by atoms with Crippen LogP contribution in [0, 0.1) is 12.8 Å². The third-order valence-corrected chi connectivity index (χ3v) is 6.33. The number of carbonyl (C=O) groups is 1. The van der Waals surface area contributed by atoms with E-state index in [2.05, 4.69) is 48.4 Å². The SMILES string of the molecule is Cc1ccc(-c2cc(C(=O)Nc3nc(-c4ccc(CC(C)C)cc4)cs3)c3ccccc3n2)o1. The molecule has 0 unspecified atom stereocenters. The number of anilines is 1. The molecule has 0 aliphatic rings. The van der Waals surface area contributed by atoms with E-state index in [0.29, 0.717) is 28.1 Å². The largest absolute Gasteiger partial charge is 0.460 e. The summed E-state index contributed by atoms with van der Waals surface area (Å²) >= 11 is 1.41. The molecule has 0 aliphatic carbocycles. The summed E-state index contributed by atoms with van der Waals surface area (Å²) in [6.45, 7) is 6.32. The number of nitrogens with zero attached hydrogens (tertiary/aromatic N) is 2. The number of para-hydroxylation sites is 1. The zero-order valence-electron chi connectivity index (χ0n) is 19.3. The third kappa shape index (κ3) is 4.63. The van der Waals surface area contributed by atoms with Crippen molar-refractivity contribution < 1.29 is 9.21 Å². The molecular weight excluding hydrogens is 442 g/mol. The maximum Gasteiger partial charge on any atom is 0.258 e. The lowest BCUT2D eigenvalue weighted by atomic mass is 10.0. The van der Waals surface area contributed by atoms with Crippen LogP contribution in [0.4, 0.5) is 5.13 Å². The molecule has 6 heteroatoms. The Balaban J connectivity index is 1.42. The van der Waals surface area contributed by atoms with Crippen molar-refractivity contribution in [1.82, 2.24) is 9.97 Å². The Morgan fingerprint density at radius 1 is 1.00 bits per heavy atom. The lowest BCUT2D eigenvalue weighted by Gasteiger charge is -2.08. The summed E-state index contributed by atoms with van der Waals surface area (Å²) in [6, 6.07) is 21.6. The van der Waals surface area contributed by atoms with Crippen LogP contribution in [0.2, 0.25) is 0 Å². The number of fused-ring (bicyclic) bond motifs is 1. The molecule has 0 spiro atoms. The minimum absolute atomic E-state index is 0.226. The van der Waals surface area contributed by atoms with Gasteiger partial charge in [-0.15, -0.1) is 11.3 Å². The minimum Gasteiger partial charge on any atom is -0.460 e. The summed E-state index contributed by atoms with van der Waals surface area (Å²) in [5.41, 5.74) is 5.09. The number of hydrogen-bond donors (Lipinski definition) is 1. The molecule has 34 heavy (non-hydrogen) atoms. The second-order valence-electron chi connectivity index (χ2n) is 8.77. The van der Waals surface area contributed by atoms with Gasteiger partial charge in [0.2, 0.25) is 0 Å². The molecule has 0 bridgehead atoms. The number of amides is 1. The summed E-state index contributed by atoms with van der Waals surface area (Å²) < 4.78 is 5.75. The topological polar surface area (TPSA) is 68.0 Å². The fraction of sp³-hybridized carbons (Fsp3) is 0.179. The number of hydrogen-bond acceptors (Lipinski definition) is 5. The van der Waals surface area contributed by atoms with Crippen LogP contribution in [0.25, 0.3) is 33.6 Å². The Bertz CT molecular complexity index is 1460. The maximum absolute atomic E-state index is 13.3. The summed E-state index contributed by atoms with van der Waals surface area (Å²) in [6.07, 6.45) is 1.05. The van der Waals surface area contributed by atoms with Crippen molar-refractivity contribution in [1.29, 1.82) is 0 Å². The fourth-order valence-corrected chi connectivity index (χ4v) is 4.69. The average Bonchev–Trinajstić information content (AvgIpc) is 3.47. The number of pyridine rings is 1. The molecule has 170 valence electrons. The Labute approximate surface area is 202 Å². The van der Waals surface area contributed by atoms with Crippen molar-refractivity contribution in [2.24, 2.45) is 5.92 Å². The zero-order valence-corrected chi connectivity index (χ0v) is 20.1. The van der Waals surface area contributed by atoms with Gasteiger partial charge in [-0.1, -0.05) is 56.3 Å². The average molecular weight is 468 g/mol. The van der Waals surface area contributed by atoms with Gasteiger partial charge in [-0.2, -0.15) is 0 Å².